The predicted molar refractivity (Wildman–Crippen MR) is 110 cm³/mol. The van der Waals surface area contributed by atoms with Crippen LogP contribution < -0.4 is 0 Å². The molecule has 28 heavy (non-hydrogen) atoms. The minimum atomic E-state index is -3.63. The first-order chi connectivity index (χ1) is 13.4. The van der Waals surface area contributed by atoms with Crippen LogP contribution in [0, 0.1) is 12.8 Å². The number of allylic oxidation sites excluding steroid dienone is 1. The third kappa shape index (κ3) is 3.15. The number of hydrogen-bond donors (Lipinski definition) is 0. The van der Waals surface area contributed by atoms with Gasteiger partial charge >= 0.3 is 0 Å². The number of Topliss-reactive ketones (excluding diaryl/α,β-unsaturated/α-hetero) is 1. The molecule has 2 aromatic rings. The highest BCUT2D eigenvalue weighted by Crippen LogP contribution is 2.41. The Balaban J connectivity index is 1.79. The first-order valence-electron chi connectivity index (χ1n) is 9.49. The first kappa shape index (κ1) is 18.8. The fourth-order valence-corrected chi connectivity index (χ4v) is 5.41. The quantitative estimate of drug-likeness (QED) is 0.792. The second-order valence-electron chi connectivity index (χ2n) is 7.41. The lowest BCUT2D eigenvalue weighted by Gasteiger charge is -2.21. The zero-order valence-corrected chi connectivity index (χ0v) is 16.9. The topological polar surface area (TPSA) is 54.5 Å². The molecule has 1 heterocycles. The molecule has 2 aliphatic rings. The lowest BCUT2D eigenvalue weighted by molar-refractivity contribution is -0.115. The molecule has 0 unspecified atom stereocenters. The summed E-state index contributed by atoms with van der Waals surface area (Å²) in [4.78, 5) is 13.3. The van der Waals surface area contributed by atoms with Crippen molar-refractivity contribution in [1.29, 1.82) is 0 Å². The zero-order chi connectivity index (χ0) is 19.9. The number of nitrogens with zero attached hydrogens (tertiary/aromatic N) is 1. The van der Waals surface area contributed by atoms with E-state index in [2.05, 4.69) is 0 Å². The summed E-state index contributed by atoms with van der Waals surface area (Å²) >= 11 is 0. The summed E-state index contributed by atoms with van der Waals surface area (Å²) in [7, 11) is -3.63. The van der Waals surface area contributed by atoms with Gasteiger partial charge in [-0.15, -0.1) is 0 Å². The van der Waals surface area contributed by atoms with E-state index in [4.69, 9.17) is 0 Å². The molecule has 4 rings (SSSR count). The molecule has 0 bridgehead atoms. The third-order valence-corrected chi connectivity index (χ3v) is 7.41. The van der Waals surface area contributed by atoms with Gasteiger partial charge < -0.3 is 0 Å². The van der Waals surface area contributed by atoms with Gasteiger partial charge in [-0.25, -0.2) is 8.42 Å². The predicted octanol–water partition coefficient (Wildman–Crippen LogP) is 3.99. The van der Waals surface area contributed by atoms with Crippen LogP contribution in [0.2, 0.25) is 0 Å². The smallest absolute Gasteiger partial charge is 0.243 e. The van der Waals surface area contributed by atoms with Crippen molar-refractivity contribution < 1.29 is 13.2 Å². The maximum Gasteiger partial charge on any atom is 0.243 e. The number of rotatable bonds is 3. The fourth-order valence-electron chi connectivity index (χ4n) is 3.99. The van der Waals surface area contributed by atoms with Crippen molar-refractivity contribution in [3.05, 3.63) is 82.9 Å². The molecule has 4 nitrogen and oxygen atoms in total. The third-order valence-electron chi connectivity index (χ3n) is 5.55. The van der Waals surface area contributed by atoms with Crippen LogP contribution in [0.5, 0.6) is 0 Å². The van der Waals surface area contributed by atoms with Gasteiger partial charge in [0.05, 0.1) is 4.90 Å². The Morgan fingerprint density at radius 2 is 1.68 bits per heavy atom. The highest BCUT2D eigenvalue weighted by molar-refractivity contribution is 7.89. The average Bonchev–Trinajstić information content (AvgIpc) is 2.84. The van der Waals surface area contributed by atoms with E-state index in [1.807, 2.05) is 62.4 Å². The summed E-state index contributed by atoms with van der Waals surface area (Å²) < 4.78 is 28.0. The van der Waals surface area contributed by atoms with E-state index in [-0.39, 0.29) is 18.2 Å². The first-order valence-corrected chi connectivity index (χ1v) is 10.9. The Labute approximate surface area is 166 Å². The van der Waals surface area contributed by atoms with E-state index in [0.717, 1.165) is 22.3 Å². The van der Waals surface area contributed by atoms with Gasteiger partial charge in [0.25, 0.3) is 0 Å². The molecule has 1 aliphatic heterocycles. The Kier molecular flexibility index (Phi) is 4.81. The summed E-state index contributed by atoms with van der Waals surface area (Å²) in [5, 5.41) is 0. The van der Waals surface area contributed by atoms with Crippen molar-refractivity contribution in [3.63, 3.8) is 0 Å². The van der Waals surface area contributed by atoms with Crippen LogP contribution in [-0.2, 0) is 14.8 Å². The lowest BCUT2D eigenvalue weighted by atomic mass is 9.99. The van der Waals surface area contributed by atoms with Gasteiger partial charge in [-0.1, -0.05) is 61.0 Å². The maximum atomic E-state index is 13.2. The molecule has 5 heteroatoms. The zero-order valence-electron chi connectivity index (χ0n) is 16.1. The highest BCUT2D eigenvalue weighted by atomic mass is 32.2. The minimum Gasteiger partial charge on any atom is -0.293 e. The number of benzene rings is 2. The largest absolute Gasteiger partial charge is 0.293 e. The Bertz CT molecular complexity index is 1080. The van der Waals surface area contributed by atoms with E-state index in [1.54, 1.807) is 12.1 Å². The van der Waals surface area contributed by atoms with E-state index in [1.165, 1.54) is 4.31 Å². The van der Waals surface area contributed by atoms with Crippen molar-refractivity contribution in [2.75, 3.05) is 13.1 Å². The molecule has 2 aromatic carbocycles. The van der Waals surface area contributed by atoms with Gasteiger partial charge in [-0.05, 0) is 42.2 Å². The van der Waals surface area contributed by atoms with Crippen LogP contribution in [0.1, 0.15) is 24.5 Å². The molecule has 0 aromatic heterocycles. The molecule has 0 amide bonds. The molecule has 0 saturated heterocycles. The molecular weight excluding hydrogens is 370 g/mol. The summed E-state index contributed by atoms with van der Waals surface area (Å²) in [6, 6.07) is 16.5. The van der Waals surface area contributed by atoms with Crippen LogP contribution in [-0.4, -0.2) is 31.6 Å². The van der Waals surface area contributed by atoms with Crippen molar-refractivity contribution in [1.82, 2.24) is 4.31 Å². The summed E-state index contributed by atoms with van der Waals surface area (Å²) in [6.07, 6.45) is 2.64. The van der Waals surface area contributed by atoms with E-state index in [0.29, 0.717) is 23.4 Å². The monoisotopic (exact) mass is 393 g/mol. The van der Waals surface area contributed by atoms with E-state index < -0.39 is 10.0 Å². The SMILES string of the molecule is Cc1ccc(S(=O)(=O)N2CCC=C3C(=C(c4ccccc4)C(=O)[C@@H]3C)C2)cc1. The number of carbonyl (C=O) groups excluding carboxylic acids is 1. The Hall–Kier alpha value is -2.50. The number of carbonyl (C=O) groups is 1. The van der Waals surface area contributed by atoms with Gasteiger partial charge in [0.1, 0.15) is 0 Å². The fraction of sp³-hybridized carbons (Fsp3) is 0.261. The minimum absolute atomic E-state index is 0.0713. The molecule has 0 saturated carbocycles. The molecule has 1 atom stereocenters. The summed E-state index contributed by atoms with van der Waals surface area (Å²) in [5.41, 5.74) is 4.35. The summed E-state index contributed by atoms with van der Waals surface area (Å²) in [5.74, 6) is -0.158. The number of fused-ring (bicyclic) bond motifs is 1. The van der Waals surface area contributed by atoms with Gasteiger partial charge in [-0.2, -0.15) is 4.31 Å². The Morgan fingerprint density at radius 1 is 1.00 bits per heavy atom. The Morgan fingerprint density at radius 3 is 2.36 bits per heavy atom. The second kappa shape index (κ2) is 7.15. The van der Waals surface area contributed by atoms with Crippen molar-refractivity contribution in [2.45, 2.75) is 25.2 Å². The van der Waals surface area contributed by atoms with Crippen LogP contribution in [0.3, 0.4) is 0 Å². The second-order valence-corrected chi connectivity index (χ2v) is 9.34. The average molecular weight is 394 g/mol. The van der Waals surface area contributed by atoms with Gasteiger partial charge in [-0.3, -0.25) is 4.79 Å². The van der Waals surface area contributed by atoms with Gasteiger partial charge in [0, 0.05) is 24.6 Å². The van der Waals surface area contributed by atoms with Crippen LogP contribution in [0.15, 0.2) is 76.7 Å². The van der Waals surface area contributed by atoms with Crippen LogP contribution >= 0.6 is 0 Å². The number of aryl methyl sites for hydroxylation is 1. The molecule has 144 valence electrons. The lowest BCUT2D eigenvalue weighted by Crippen LogP contribution is -2.33. The molecule has 0 fully saturated rings. The number of sulfonamides is 1. The van der Waals surface area contributed by atoms with Crippen molar-refractivity contribution in [2.24, 2.45) is 5.92 Å². The van der Waals surface area contributed by atoms with Gasteiger partial charge in [0.15, 0.2) is 5.78 Å². The molecule has 1 aliphatic carbocycles. The maximum absolute atomic E-state index is 13.2. The van der Waals surface area contributed by atoms with Crippen LogP contribution in [0.4, 0.5) is 0 Å². The molecule has 0 radical (unpaired) electrons. The molecular formula is C23H23NO3S. The van der Waals surface area contributed by atoms with E-state index in [9.17, 15) is 13.2 Å². The van der Waals surface area contributed by atoms with Gasteiger partial charge in [0.2, 0.25) is 10.0 Å². The standard InChI is InChI=1S/C23H23NO3S/c1-16-10-12-19(13-11-16)28(26,27)24-14-6-9-20-17(2)23(25)22(21(20)15-24)18-7-4-3-5-8-18/h3-5,7-13,17H,6,14-15H2,1-2H3/t17-/m1/s1. The normalized spacial score (nSPS) is 20.7. The highest BCUT2D eigenvalue weighted by Gasteiger charge is 2.38. The van der Waals surface area contributed by atoms with Crippen molar-refractivity contribution >= 4 is 21.4 Å². The van der Waals surface area contributed by atoms with Crippen molar-refractivity contribution in [3.8, 4) is 0 Å². The van der Waals surface area contributed by atoms with E-state index >= 15 is 0 Å². The molecule has 0 spiro atoms. The summed E-state index contributed by atoms with van der Waals surface area (Å²) in [6.45, 7) is 4.48. The molecule has 0 N–H and O–H groups in total. The number of hydrogen-bond acceptors (Lipinski definition) is 3. The van der Waals surface area contributed by atoms with Crippen LogP contribution in [0.25, 0.3) is 5.57 Å². The number of ketones is 1.